The monoisotopic (exact) mass is 312 g/mol. The number of H-pyrrole nitrogens is 1. The Hall–Kier alpha value is -2.67. The Morgan fingerprint density at radius 2 is 2.36 bits per heavy atom. The maximum absolute atomic E-state index is 12.1. The minimum atomic E-state index is -0.276. The second-order valence-electron chi connectivity index (χ2n) is 4.85. The van der Waals surface area contributed by atoms with Gasteiger partial charge in [-0.2, -0.15) is 0 Å². The fourth-order valence-corrected chi connectivity index (χ4v) is 3.13. The molecule has 22 heavy (non-hydrogen) atoms. The Balaban J connectivity index is 1.57. The van der Waals surface area contributed by atoms with Crippen molar-refractivity contribution in [3.8, 4) is 16.3 Å². The molecule has 0 fully saturated rings. The number of thiazole rings is 1. The first-order valence-corrected chi connectivity index (χ1v) is 7.70. The van der Waals surface area contributed by atoms with Crippen molar-refractivity contribution in [3.05, 3.63) is 47.2 Å². The quantitative estimate of drug-likeness (QED) is 0.779. The van der Waals surface area contributed by atoms with Crippen molar-refractivity contribution < 1.29 is 9.53 Å². The van der Waals surface area contributed by atoms with Crippen LogP contribution in [0.2, 0.25) is 0 Å². The summed E-state index contributed by atoms with van der Waals surface area (Å²) in [6.45, 7) is 0.730. The molecule has 0 radical (unpaired) electrons. The van der Waals surface area contributed by atoms with Crippen molar-refractivity contribution in [2.24, 2.45) is 0 Å². The lowest BCUT2D eigenvalue weighted by atomic mass is 10.1. The zero-order valence-corrected chi connectivity index (χ0v) is 12.3. The van der Waals surface area contributed by atoms with E-state index in [1.54, 1.807) is 17.8 Å². The van der Waals surface area contributed by atoms with E-state index in [1.165, 1.54) is 16.9 Å². The molecule has 0 aliphatic carbocycles. The molecule has 1 aromatic carbocycles. The number of aromatic nitrogens is 3. The lowest BCUT2D eigenvalue weighted by molar-refractivity contribution is 0.102. The van der Waals surface area contributed by atoms with Gasteiger partial charge in [0.2, 0.25) is 5.95 Å². The minimum Gasteiger partial charge on any atom is -0.493 e. The van der Waals surface area contributed by atoms with Crippen molar-refractivity contribution in [2.75, 3.05) is 11.9 Å². The van der Waals surface area contributed by atoms with Crippen LogP contribution in [0.3, 0.4) is 0 Å². The number of nitrogens with zero attached hydrogens (tertiary/aromatic N) is 2. The van der Waals surface area contributed by atoms with E-state index >= 15 is 0 Å². The molecule has 3 aromatic rings. The van der Waals surface area contributed by atoms with Crippen LogP contribution in [-0.4, -0.2) is 27.5 Å². The number of aromatic amines is 1. The Morgan fingerprint density at radius 1 is 1.41 bits per heavy atom. The van der Waals surface area contributed by atoms with Gasteiger partial charge in [0.05, 0.1) is 6.61 Å². The third kappa shape index (κ3) is 2.35. The molecule has 7 heteroatoms. The number of nitrogens with one attached hydrogen (secondary N) is 2. The van der Waals surface area contributed by atoms with Crippen LogP contribution in [0.4, 0.5) is 5.95 Å². The van der Waals surface area contributed by atoms with Gasteiger partial charge in [-0.1, -0.05) is 0 Å². The molecule has 4 rings (SSSR count). The zero-order chi connectivity index (χ0) is 14.9. The first kappa shape index (κ1) is 13.0. The third-order valence-corrected chi connectivity index (χ3v) is 4.29. The Labute approximate surface area is 130 Å². The summed E-state index contributed by atoms with van der Waals surface area (Å²) in [5, 5.41) is 5.23. The molecule has 2 N–H and O–H groups in total. The summed E-state index contributed by atoms with van der Waals surface area (Å²) >= 11 is 1.45. The molecule has 1 aliphatic heterocycles. The summed E-state index contributed by atoms with van der Waals surface area (Å²) in [4.78, 5) is 23.3. The van der Waals surface area contributed by atoms with Crippen LogP contribution in [0.1, 0.15) is 16.1 Å². The van der Waals surface area contributed by atoms with E-state index in [1.807, 2.05) is 12.1 Å². The predicted octanol–water partition coefficient (Wildman–Crippen LogP) is 2.72. The number of hydrogen-bond acceptors (Lipinski definition) is 5. The lowest BCUT2D eigenvalue weighted by Crippen LogP contribution is -2.13. The van der Waals surface area contributed by atoms with E-state index in [0.717, 1.165) is 29.3 Å². The fraction of sp³-hybridized carbons (Fsp3) is 0.133. The second-order valence-corrected chi connectivity index (χ2v) is 5.71. The van der Waals surface area contributed by atoms with E-state index in [-0.39, 0.29) is 5.91 Å². The van der Waals surface area contributed by atoms with Crippen LogP contribution in [0.15, 0.2) is 36.0 Å². The topological polar surface area (TPSA) is 79.9 Å². The minimum absolute atomic E-state index is 0.276. The van der Waals surface area contributed by atoms with Gasteiger partial charge in [0.1, 0.15) is 16.5 Å². The summed E-state index contributed by atoms with van der Waals surface area (Å²) in [6, 6.07) is 6.01. The van der Waals surface area contributed by atoms with Gasteiger partial charge >= 0.3 is 0 Å². The maximum Gasteiger partial charge on any atom is 0.277 e. The van der Waals surface area contributed by atoms with E-state index < -0.39 is 0 Å². The molecular weight excluding hydrogens is 300 g/mol. The van der Waals surface area contributed by atoms with Crippen LogP contribution in [0, 0.1) is 0 Å². The van der Waals surface area contributed by atoms with E-state index in [4.69, 9.17) is 4.74 Å². The van der Waals surface area contributed by atoms with Crippen LogP contribution in [0.5, 0.6) is 5.75 Å². The molecule has 0 bridgehead atoms. The number of carbonyl (C=O) groups excluding carboxylic acids is 1. The molecule has 0 saturated carbocycles. The van der Waals surface area contributed by atoms with Crippen LogP contribution < -0.4 is 10.1 Å². The number of benzene rings is 1. The van der Waals surface area contributed by atoms with Crippen molar-refractivity contribution in [3.63, 3.8) is 0 Å². The first-order chi connectivity index (χ1) is 10.8. The highest BCUT2D eigenvalue weighted by molar-refractivity contribution is 7.13. The van der Waals surface area contributed by atoms with Crippen molar-refractivity contribution in [1.82, 2.24) is 15.0 Å². The normalized spacial score (nSPS) is 12.7. The largest absolute Gasteiger partial charge is 0.493 e. The number of anilines is 1. The predicted molar refractivity (Wildman–Crippen MR) is 83.3 cm³/mol. The molecular formula is C15H12N4O2S. The average molecular weight is 312 g/mol. The number of fused-ring (bicyclic) bond motifs is 1. The molecule has 0 spiro atoms. The number of ether oxygens (including phenoxy) is 1. The summed E-state index contributed by atoms with van der Waals surface area (Å²) in [7, 11) is 0. The van der Waals surface area contributed by atoms with Gasteiger partial charge in [-0.15, -0.1) is 11.3 Å². The van der Waals surface area contributed by atoms with E-state index in [2.05, 4.69) is 26.3 Å². The molecule has 1 amide bonds. The first-order valence-electron chi connectivity index (χ1n) is 6.82. The van der Waals surface area contributed by atoms with E-state index in [9.17, 15) is 4.79 Å². The van der Waals surface area contributed by atoms with Crippen LogP contribution in [0.25, 0.3) is 10.6 Å². The number of carbonyl (C=O) groups is 1. The Morgan fingerprint density at radius 3 is 3.23 bits per heavy atom. The van der Waals surface area contributed by atoms with Crippen molar-refractivity contribution in [2.45, 2.75) is 6.42 Å². The SMILES string of the molecule is O=C(Nc1ncc[nH]1)c1csc(-c2ccc3c(c2)CCO3)n1. The smallest absolute Gasteiger partial charge is 0.277 e. The average Bonchev–Trinajstić information content (AvgIpc) is 3.27. The standard InChI is InChI=1S/C15H12N4O2S/c20-13(19-15-16-4-5-17-15)11-8-22-14(18-11)10-1-2-12-9(7-10)3-6-21-12/h1-2,4-5,7-8H,3,6H2,(H2,16,17,19,20). The number of hydrogen-bond donors (Lipinski definition) is 2. The molecule has 0 unspecified atom stereocenters. The number of rotatable bonds is 3. The fourth-order valence-electron chi connectivity index (χ4n) is 2.34. The van der Waals surface area contributed by atoms with Gasteiger partial charge in [0.15, 0.2) is 0 Å². The molecule has 2 aromatic heterocycles. The number of imidazole rings is 1. The number of amides is 1. The maximum atomic E-state index is 12.1. The Bertz CT molecular complexity index is 826. The Kier molecular flexibility index (Phi) is 3.12. The van der Waals surface area contributed by atoms with Gasteiger partial charge in [0, 0.05) is 29.8 Å². The van der Waals surface area contributed by atoms with Crippen molar-refractivity contribution >= 4 is 23.2 Å². The lowest BCUT2D eigenvalue weighted by Gasteiger charge is -2.01. The summed E-state index contributed by atoms with van der Waals surface area (Å²) in [5.74, 6) is 1.08. The molecule has 110 valence electrons. The van der Waals surface area contributed by atoms with Gasteiger partial charge < -0.3 is 9.72 Å². The highest BCUT2D eigenvalue weighted by atomic mass is 32.1. The highest BCUT2D eigenvalue weighted by Crippen LogP contribution is 2.31. The summed E-state index contributed by atoms with van der Waals surface area (Å²) in [6.07, 6.45) is 4.14. The van der Waals surface area contributed by atoms with Crippen LogP contribution in [-0.2, 0) is 6.42 Å². The summed E-state index contributed by atoms with van der Waals surface area (Å²) < 4.78 is 5.50. The van der Waals surface area contributed by atoms with Gasteiger partial charge in [-0.25, -0.2) is 9.97 Å². The van der Waals surface area contributed by atoms with Gasteiger partial charge in [-0.05, 0) is 23.8 Å². The van der Waals surface area contributed by atoms with Gasteiger partial charge in [0.25, 0.3) is 5.91 Å². The third-order valence-electron chi connectivity index (χ3n) is 3.40. The highest BCUT2D eigenvalue weighted by Gasteiger charge is 2.16. The molecule has 0 atom stereocenters. The molecule has 1 aliphatic rings. The zero-order valence-electron chi connectivity index (χ0n) is 11.5. The molecule has 3 heterocycles. The molecule has 6 nitrogen and oxygen atoms in total. The summed E-state index contributed by atoms with van der Waals surface area (Å²) in [5.41, 5.74) is 2.58. The van der Waals surface area contributed by atoms with E-state index in [0.29, 0.717) is 11.6 Å². The van der Waals surface area contributed by atoms with Gasteiger partial charge in [-0.3, -0.25) is 10.1 Å². The second kappa shape index (κ2) is 5.27. The molecule has 0 saturated heterocycles. The van der Waals surface area contributed by atoms with Crippen LogP contribution >= 0.6 is 11.3 Å². The van der Waals surface area contributed by atoms with Crippen molar-refractivity contribution in [1.29, 1.82) is 0 Å².